The maximum absolute atomic E-state index is 10.6. The molecule has 0 unspecified atom stereocenters. The number of hydrogen-bond donors (Lipinski definition) is 1. The SMILES string of the molecule is C=CCCCOc1ccccc1CC(=O)O. The Kier molecular flexibility index (Phi) is 5.12. The summed E-state index contributed by atoms with van der Waals surface area (Å²) in [5.41, 5.74) is 0.716. The van der Waals surface area contributed by atoms with Gasteiger partial charge in [0.15, 0.2) is 0 Å². The van der Waals surface area contributed by atoms with E-state index in [1.54, 1.807) is 12.1 Å². The van der Waals surface area contributed by atoms with Gasteiger partial charge in [0.2, 0.25) is 0 Å². The molecule has 1 aromatic carbocycles. The first-order chi connectivity index (χ1) is 7.74. The molecule has 1 rings (SSSR count). The number of benzene rings is 1. The molecule has 1 N–H and O–H groups in total. The standard InChI is InChI=1S/C13H16O3/c1-2-3-6-9-16-12-8-5-4-7-11(12)10-13(14)15/h2,4-5,7-8H,1,3,6,9-10H2,(H,14,15). The van der Waals surface area contributed by atoms with Gasteiger partial charge in [-0.05, 0) is 18.9 Å². The van der Waals surface area contributed by atoms with Crippen molar-refractivity contribution < 1.29 is 14.6 Å². The number of para-hydroxylation sites is 1. The molecule has 86 valence electrons. The largest absolute Gasteiger partial charge is 0.493 e. The van der Waals surface area contributed by atoms with Gasteiger partial charge < -0.3 is 9.84 Å². The molecule has 0 atom stereocenters. The molecule has 3 heteroatoms. The van der Waals surface area contributed by atoms with E-state index in [0.29, 0.717) is 17.9 Å². The maximum Gasteiger partial charge on any atom is 0.307 e. The number of carboxylic acids is 1. The topological polar surface area (TPSA) is 46.5 Å². The molecule has 0 aliphatic carbocycles. The predicted molar refractivity (Wildman–Crippen MR) is 62.7 cm³/mol. The highest BCUT2D eigenvalue weighted by Gasteiger charge is 2.06. The number of rotatable bonds is 7. The smallest absolute Gasteiger partial charge is 0.307 e. The van der Waals surface area contributed by atoms with Crippen molar-refractivity contribution in [3.05, 3.63) is 42.5 Å². The summed E-state index contributed by atoms with van der Waals surface area (Å²) in [5, 5.41) is 8.73. The number of carboxylic acid groups (broad SMARTS) is 1. The fourth-order valence-corrected chi connectivity index (χ4v) is 1.36. The van der Waals surface area contributed by atoms with Gasteiger partial charge in [-0.3, -0.25) is 4.79 Å². The Morgan fingerprint density at radius 1 is 1.44 bits per heavy atom. The summed E-state index contributed by atoms with van der Waals surface area (Å²) in [6.07, 6.45) is 3.64. The van der Waals surface area contributed by atoms with E-state index in [9.17, 15) is 4.79 Å². The minimum absolute atomic E-state index is 0.00235. The Morgan fingerprint density at radius 2 is 2.19 bits per heavy atom. The van der Waals surface area contributed by atoms with Gasteiger partial charge in [0.1, 0.15) is 5.75 Å². The van der Waals surface area contributed by atoms with Crippen molar-refractivity contribution in [1.29, 1.82) is 0 Å². The summed E-state index contributed by atoms with van der Waals surface area (Å²) >= 11 is 0. The van der Waals surface area contributed by atoms with Gasteiger partial charge in [-0.1, -0.05) is 24.3 Å². The number of carbonyl (C=O) groups is 1. The van der Waals surface area contributed by atoms with Gasteiger partial charge in [0, 0.05) is 5.56 Å². The zero-order valence-corrected chi connectivity index (χ0v) is 9.19. The van der Waals surface area contributed by atoms with Crippen LogP contribution in [0, 0.1) is 0 Å². The zero-order chi connectivity index (χ0) is 11.8. The van der Waals surface area contributed by atoms with Crippen LogP contribution in [-0.4, -0.2) is 17.7 Å². The third-order valence-corrected chi connectivity index (χ3v) is 2.12. The minimum atomic E-state index is -0.845. The third-order valence-electron chi connectivity index (χ3n) is 2.12. The second kappa shape index (κ2) is 6.67. The third kappa shape index (κ3) is 4.17. The Morgan fingerprint density at radius 3 is 2.88 bits per heavy atom. The highest BCUT2D eigenvalue weighted by Crippen LogP contribution is 2.18. The van der Waals surface area contributed by atoms with E-state index in [-0.39, 0.29) is 6.42 Å². The molecule has 0 aromatic heterocycles. The lowest BCUT2D eigenvalue weighted by Crippen LogP contribution is -2.04. The molecule has 0 radical (unpaired) electrons. The zero-order valence-electron chi connectivity index (χ0n) is 9.19. The Bertz CT molecular complexity index is 358. The Hall–Kier alpha value is -1.77. The summed E-state index contributed by atoms with van der Waals surface area (Å²) in [4.78, 5) is 10.6. The molecular formula is C13H16O3. The Balaban J connectivity index is 2.56. The van der Waals surface area contributed by atoms with Gasteiger partial charge >= 0.3 is 5.97 Å². The average Bonchev–Trinajstić information content (AvgIpc) is 2.26. The number of hydrogen-bond acceptors (Lipinski definition) is 2. The lowest BCUT2D eigenvalue weighted by molar-refractivity contribution is -0.136. The molecule has 0 bridgehead atoms. The van der Waals surface area contributed by atoms with Crippen molar-refractivity contribution in [1.82, 2.24) is 0 Å². The number of allylic oxidation sites excluding steroid dienone is 1. The van der Waals surface area contributed by atoms with Gasteiger partial charge in [0.25, 0.3) is 0 Å². The monoisotopic (exact) mass is 220 g/mol. The van der Waals surface area contributed by atoms with Crippen LogP contribution in [0.25, 0.3) is 0 Å². The fraction of sp³-hybridized carbons (Fsp3) is 0.308. The van der Waals surface area contributed by atoms with Crippen LogP contribution in [0.5, 0.6) is 5.75 Å². The lowest BCUT2D eigenvalue weighted by Gasteiger charge is -2.09. The number of ether oxygens (including phenoxy) is 1. The van der Waals surface area contributed by atoms with Crippen LogP contribution in [0.1, 0.15) is 18.4 Å². The molecule has 0 aliphatic rings. The maximum atomic E-state index is 10.6. The van der Waals surface area contributed by atoms with Crippen molar-refractivity contribution in [3.8, 4) is 5.75 Å². The second-order valence-electron chi connectivity index (χ2n) is 3.46. The van der Waals surface area contributed by atoms with Gasteiger partial charge in [-0.15, -0.1) is 6.58 Å². The average molecular weight is 220 g/mol. The molecule has 16 heavy (non-hydrogen) atoms. The van der Waals surface area contributed by atoms with E-state index in [4.69, 9.17) is 9.84 Å². The van der Waals surface area contributed by atoms with Crippen molar-refractivity contribution in [3.63, 3.8) is 0 Å². The molecule has 0 aliphatic heterocycles. The molecular weight excluding hydrogens is 204 g/mol. The normalized spacial score (nSPS) is 9.75. The number of aliphatic carboxylic acids is 1. The summed E-state index contributed by atoms with van der Waals surface area (Å²) in [5.74, 6) is -0.184. The molecule has 0 fully saturated rings. The van der Waals surface area contributed by atoms with Crippen LogP contribution in [-0.2, 0) is 11.2 Å². The van der Waals surface area contributed by atoms with E-state index in [1.807, 2.05) is 18.2 Å². The first kappa shape index (κ1) is 12.3. The first-order valence-corrected chi connectivity index (χ1v) is 5.27. The van der Waals surface area contributed by atoms with E-state index in [0.717, 1.165) is 12.8 Å². The van der Waals surface area contributed by atoms with Crippen molar-refractivity contribution >= 4 is 5.97 Å². The van der Waals surface area contributed by atoms with Crippen molar-refractivity contribution in [2.75, 3.05) is 6.61 Å². The number of unbranched alkanes of at least 4 members (excludes halogenated alkanes) is 1. The fourth-order valence-electron chi connectivity index (χ4n) is 1.36. The molecule has 0 heterocycles. The van der Waals surface area contributed by atoms with E-state index >= 15 is 0 Å². The van der Waals surface area contributed by atoms with Crippen LogP contribution in [0.3, 0.4) is 0 Å². The molecule has 0 spiro atoms. The van der Waals surface area contributed by atoms with Crippen molar-refractivity contribution in [2.24, 2.45) is 0 Å². The quantitative estimate of drug-likeness (QED) is 0.567. The molecule has 0 saturated carbocycles. The second-order valence-corrected chi connectivity index (χ2v) is 3.46. The predicted octanol–water partition coefficient (Wildman–Crippen LogP) is 2.66. The summed E-state index contributed by atoms with van der Waals surface area (Å²) in [6, 6.07) is 7.23. The van der Waals surface area contributed by atoms with Gasteiger partial charge in [-0.25, -0.2) is 0 Å². The van der Waals surface area contributed by atoms with Crippen LogP contribution in [0.15, 0.2) is 36.9 Å². The highest BCUT2D eigenvalue weighted by molar-refractivity contribution is 5.71. The first-order valence-electron chi connectivity index (χ1n) is 5.27. The molecule has 0 saturated heterocycles. The van der Waals surface area contributed by atoms with E-state index in [1.165, 1.54) is 0 Å². The van der Waals surface area contributed by atoms with Gasteiger partial charge in [-0.2, -0.15) is 0 Å². The summed E-state index contributed by atoms with van der Waals surface area (Å²) in [7, 11) is 0. The molecule has 1 aromatic rings. The lowest BCUT2D eigenvalue weighted by atomic mass is 10.1. The van der Waals surface area contributed by atoms with Crippen LogP contribution < -0.4 is 4.74 Å². The van der Waals surface area contributed by atoms with Gasteiger partial charge in [0.05, 0.1) is 13.0 Å². The minimum Gasteiger partial charge on any atom is -0.493 e. The van der Waals surface area contributed by atoms with Crippen LogP contribution in [0.4, 0.5) is 0 Å². The Labute approximate surface area is 95.4 Å². The molecule has 0 amide bonds. The molecule has 3 nitrogen and oxygen atoms in total. The van der Waals surface area contributed by atoms with Crippen molar-refractivity contribution in [2.45, 2.75) is 19.3 Å². The van der Waals surface area contributed by atoms with Crippen LogP contribution >= 0.6 is 0 Å². The summed E-state index contributed by atoms with van der Waals surface area (Å²) in [6.45, 7) is 4.21. The highest BCUT2D eigenvalue weighted by atomic mass is 16.5. The van der Waals surface area contributed by atoms with E-state index < -0.39 is 5.97 Å². The van der Waals surface area contributed by atoms with E-state index in [2.05, 4.69) is 6.58 Å². The summed E-state index contributed by atoms with van der Waals surface area (Å²) < 4.78 is 5.53. The van der Waals surface area contributed by atoms with Crippen LogP contribution in [0.2, 0.25) is 0 Å².